The van der Waals surface area contributed by atoms with Gasteiger partial charge in [-0.25, -0.2) is 0 Å². The SMILES string of the molecule is COC(=O)C1C(C)N1Cc1ccccc1. The number of ether oxygens (including phenoxy) is 1. The molecule has 80 valence electrons. The molecular formula is C12H15NO2. The lowest BCUT2D eigenvalue weighted by Crippen LogP contribution is -2.14. The third kappa shape index (κ3) is 2.02. The number of hydrogen-bond donors (Lipinski definition) is 0. The van der Waals surface area contributed by atoms with Crippen LogP contribution >= 0.6 is 0 Å². The zero-order valence-electron chi connectivity index (χ0n) is 9.01. The first-order chi connectivity index (χ1) is 7.24. The van der Waals surface area contributed by atoms with Crippen molar-refractivity contribution >= 4 is 5.97 Å². The maximum atomic E-state index is 11.3. The number of carbonyl (C=O) groups is 1. The first kappa shape index (κ1) is 10.2. The molecule has 0 N–H and O–H groups in total. The van der Waals surface area contributed by atoms with Crippen LogP contribution in [0, 0.1) is 0 Å². The van der Waals surface area contributed by atoms with Crippen LogP contribution in [0.1, 0.15) is 12.5 Å². The molecule has 1 aliphatic rings. The molecule has 1 aromatic rings. The molecule has 3 nitrogen and oxygen atoms in total. The molecular weight excluding hydrogens is 190 g/mol. The highest BCUT2D eigenvalue weighted by molar-refractivity contribution is 5.79. The van der Waals surface area contributed by atoms with Crippen LogP contribution in [0.15, 0.2) is 30.3 Å². The second-order valence-electron chi connectivity index (χ2n) is 3.87. The zero-order valence-corrected chi connectivity index (χ0v) is 9.01. The van der Waals surface area contributed by atoms with E-state index in [4.69, 9.17) is 4.74 Å². The normalized spacial score (nSPS) is 28.5. The Labute approximate surface area is 89.7 Å². The van der Waals surface area contributed by atoms with E-state index in [0.717, 1.165) is 6.54 Å². The molecule has 0 bridgehead atoms. The highest BCUT2D eigenvalue weighted by Crippen LogP contribution is 2.30. The van der Waals surface area contributed by atoms with E-state index in [1.54, 1.807) is 0 Å². The van der Waals surface area contributed by atoms with Gasteiger partial charge in [-0.2, -0.15) is 0 Å². The van der Waals surface area contributed by atoms with Gasteiger partial charge in [-0.1, -0.05) is 30.3 Å². The second kappa shape index (κ2) is 4.03. The van der Waals surface area contributed by atoms with Gasteiger partial charge in [-0.15, -0.1) is 0 Å². The molecule has 15 heavy (non-hydrogen) atoms. The van der Waals surface area contributed by atoms with Crippen LogP contribution in [0.25, 0.3) is 0 Å². The van der Waals surface area contributed by atoms with Gasteiger partial charge in [0.05, 0.1) is 7.11 Å². The van der Waals surface area contributed by atoms with E-state index in [0.29, 0.717) is 6.04 Å². The highest BCUT2D eigenvalue weighted by atomic mass is 16.5. The Morgan fingerprint density at radius 3 is 2.67 bits per heavy atom. The summed E-state index contributed by atoms with van der Waals surface area (Å²) in [6.07, 6.45) is 0. The van der Waals surface area contributed by atoms with Crippen LogP contribution < -0.4 is 0 Å². The monoisotopic (exact) mass is 205 g/mol. The van der Waals surface area contributed by atoms with Crippen LogP contribution in [0.5, 0.6) is 0 Å². The average molecular weight is 205 g/mol. The van der Waals surface area contributed by atoms with Crippen molar-refractivity contribution < 1.29 is 9.53 Å². The minimum absolute atomic E-state index is 0.0461. The Morgan fingerprint density at radius 2 is 2.07 bits per heavy atom. The van der Waals surface area contributed by atoms with Gasteiger partial charge in [0.25, 0.3) is 0 Å². The van der Waals surface area contributed by atoms with Crippen LogP contribution in [0.4, 0.5) is 0 Å². The predicted molar refractivity (Wildman–Crippen MR) is 57.3 cm³/mol. The zero-order chi connectivity index (χ0) is 10.8. The number of rotatable bonds is 3. The van der Waals surface area contributed by atoms with Crippen molar-refractivity contribution in [2.24, 2.45) is 0 Å². The van der Waals surface area contributed by atoms with E-state index in [1.807, 2.05) is 25.1 Å². The van der Waals surface area contributed by atoms with Crippen molar-refractivity contribution in [3.63, 3.8) is 0 Å². The van der Waals surface area contributed by atoms with Crippen molar-refractivity contribution in [1.29, 1.82) is 0 Å². The Kier molecular flexibility index (Phi) is 2.73. The molecule has 0 spiro atoms. The Bertz CT molecular complexity index is 350. The molecule has 1 saturated heterocycles. The lowest BCUT2D eigenvalue weighted by atomic mass is 10.2. The minimum atomic E-state index is -0.126. The van der Waals surface area contributed by atoms with E-state index >= 15 is 0 Å². The molecule has 0 radical (unpaired) electrons. The molecule has 3 heteroatoms. The number of methoxy groups -OCH3 is 1. The molecule has 0 amide bonds. The van der Waals surface area contributed by atoms with E-state index < -0.39 is 0 Å². The van der Waals surface area contributed by atoms with Crippen LogP contribution in [-0.4, -0.2) is 30.1 Å². The summed E-state index contributed by atoms with van der Waals surface area (Å²) < 4.78 is 4.73. The Hall–Kier alpha value is -1.35. The fourth-order valence-corrected chi connectivity index (χ4v) is 1.90. The number of esters is 1. The molecule has 3 unspecified atom stereocenters. The topological polar surface area (TPSA) is 29.3 Å². The summed E-state index contributed by atoms with van der Waals surface area (Å²) in [7, 11) is 1.44. The van der Waals surface area contributed by atoms with Crippen LogP contribution in [0.3, 0.4) is 0 Å². The molecule has 1 heterocycles. The highest BCUT2D eigenvalue weighted by Gasteiger charge is 2.49. The van der Waals surface area contributed by atoms with Crippen LogP contribution in [-0.2, 0) is 16.1 Å². The van der Waals surface area contributed by atoms with Gasteiger partial charge in [0.2, 0.25) is 0 Å². The van der Waals surface area contributed by atoms with Crippen molar-refractivity contribution in [1.82, 2.24) is 4.90 Å². The summed E-state index contributed by atoms with van der Waals surface area (Å²) in [5, 5.41) is 0. The van der Waals surface area contributed by atoms with Crippen molar-refractivity contribution in [2.45, 2.75) is 25.6 Å². The van der Waals surface area contributed by atoms with Crippen molar-refractivity contribution in [2.75, 3.05) is 7.11 Å². The largest absolute Gasteiger partial charge is 0.468 e. The molecule has 3 atom stereocenters. The Morgan fingerprint density at radius 1 is 1.40 bits per heavy atom. The summed E-state index contributed by atoms with van der Waals surface area (Å²) in [5.41, 5.74) is 1.23. The number of benzene rings is 1. The first-order valence-corrected chi connectivity index (χ1v) is 5.11. The van der Waals surface area contributed by atoms with Gasteiger partial charge in [0, 0.05) is 12.6 Å². The number of carbonyl (C=O) groups excluding carboxylic acids is 1. The van der Waals surface area contributed by atoms with E-state index in [2.05, 4.69) is 17.0 Å². The number of nitrogens with zero attached hydrogens (tertiary/aromatic N) is 1. The number of hydrogen-bond acceptors (Lipinski definition) is 3. The molecule has 0 aromatic heterocycles. The van der Waals surface area contributed by atoms with Gasteiger partial charge >= 0.3 is 5.97 Å². The maximum absolute atomic E-state index is 11.3. The van der Waals surface area contributed by atoms with E-state index in [1.165, 1.54) is 12.7 Å². The molecule has 1 aromatic carbocycles. The Balaban J connectivity index is 1.96. The van der Waals surface area contributed by atoms with Crippen LogP contribution in [0.2, 0.25) is 0 Å². The third-order valence-electron chi connectivity index (χ3n) is 2.90. The fourth-order valence-electron chi connectivity index (χ4n) is 1.90. The summed E-state index contributed by atoms with van der Waals surface area (Å²) in [4.78, 5) is 13.4. The van der Waals surface area contributed by atoms with Gasteiger partial charge in [0.15, 0.2) is 0 Å². The first-order valence-electron chi connectivity index (χ1n) is 5.11. The van der Waals surface area contributed by atoms with Gasteiger partial charge in [0.1, 0.15) is 6.04 Å². The minimum Gasteiger partial charge on any atom is -0.468 e. The lowest BCUT2D eigenvalue weighted by Gasteiger charge is -2.02. The van der Waals surface area contributed by atoms with E-state index in [-0.39, 0.29) is 12.0 Å². The predicted octanol–water partition coefficient (Wildman–Crippen LogP) is 1.43. The van der Waals surface area contributed by atoms with Gasteiger partial charge in [-0.05, 0) is 12.5 Å². The summed E-state index contributed by atoms with van der Waals surface area (Å²) in [5.74, 6) is -0.126. The van der Waals surface area contributed by atoms with Gasteiger partial charge in [-0.3, -0.25) is 9.69 Å². The van der Waals surface area contributed by atoms with Crippen molar-refractivity contribution in [3.05, 3.63) is 35.9 Å². The molecule has 0 saturated carbocycles. The summed E-state index contributed by atoms with van der Waals surface area (Å²) in [6, 6.07) is 10.4. The fraction of sp³-hybridized carbons (Fsp3) is 0.417. The molecule has 1 aliphatic heterocycles. The average Bonchev–Trinajstić information content (AvgIpc) is 2.89. The lowest BCUT2D eigenvalue weighted by molar-refractivity contribution is -0.140. The smallest absolute Gasteiger partial charge is 0.324 e. The van der Waals surface area contributed by atoms with E-state index in [9.17, 15) is 4.79 Å². The second-order valence-corrected chi connectivity index (χ2v) is 3.87. The third-order valence-corrected chi connectivity index (χ3v) is 2.90. The summed E-state index contributed by atoms with van der Waals surface area (Å²) >= 11 is 0. The standard InChI is InChI=1S/C12H15NO2/c1-9-11(12(14)15-2)13(9)8-10-6-4-3-5-7-10/h3-7,9,11H,8H2,1-2H3. The van der Waals surface area contributed by atoms with Gasteiger partial charge < -0.3 is 4.74 Å². The molecule has 0 aliphatic carbocycles. The quantitative estimate of drug-likeness (QED) is 0.552. The summed E-state index contributed by atoms with van der Waals surface area (Å²) in [6.45, 7) is 2.87. The molecule has 1 fully saturated rings. The molecule has 2 rings (SSSR count). The van der Waals surface area contributed by atoms with Crippen molar-refractivity contribution in [3.8, 4) is 0 Å². The maximum Gasteiger partial charge on any atom is 0.324 e.